The van der Waals surface area contributed by atoms with Crippen molar-refractivity contribution in [3.8, 4) is 0 Å². The van der Waals surface area contributed by atoms with E-state index in [0.717, 1.165) is 44.2 Å². The summed E-state index contributed by atoms with van der Waals surface area (Å²) >= 11 is 0. The fraction of sp³-hybridized carbons (Fsp3) is 0.296. The third-order valence-electron chi connectivity index (χ3n) is 6.53. The van der Waals surface area contributed by atoms with E-state index in [1.54, 1.807) is 7.05 Å². The highest BCUT2D eigenvalue weighted by atomic mass is 16.2. The Labute approximate surface area is 203 Å². The molecule has 1 N–H and O–H groups in total. The van der Waals surface area contributed by atoms with E-state index in [1.165, 1.54) is 15.7 Å². The van der Waals surface area contributed by atoms with E-state index in [9.17, 15) is 9.59 Å². The van der Waals surface area contributed by atoms with Crippen LogP contribution in [0.25, 0.3) is 17.2 Å². The average Bonchev–Trinajstić information content (AvgIpc) is 3.24. The monoisotopic (exact) mass is 470 g/mol. The van der Waals surface area contributed by atoms with Crippen LogP contribution in [-0.2, 0) is 20.1 Å². The molecule has 8 heteroatoms. The van der Waals surface area contributed by atoms with Gasteiger partial charge in [-0.3, -0.25) is 19.2 Å². The molecular formula is C27H30N6O2. The molecule has 5 rings (SSSR count). The van der Waals surface area contributed by atoms with Gasteiger partial charge in [0.25, 0.3) is 5.56 Å². The first kappa shape index (κ1) is 22.9. The number of aromatic nitrogens is 4. The summed E-state index contributed by atoms with van der Waals surface area (Å²) in [4.78, 5) is 36.9. The second-order valence-electron chi connectivity index (χ2n) is 9.08. The van der Waals surface area contributed by atoms with Crippen LogP contribution in [0.15, 0.2) is 70.3 Å². The van der Waals surface area contributed by atoms with Crippen LogP contribution >= 0.6 is 0 Å². The van der Waals surface area contributed by atoms with Gasteiger partial charge < -0.3 is 9.47 Å². The molecule has 1 aliphatic heterocycles. The molecule has 1 fully saturated rings. The van der Waals surface area contributed by atoms with E-state index < -0.39 is 11.2 Å². The first-order valence-corrected chi connectivity index (χ1v) is 11.9. The van der Waals surface area contributed by atoms with E-state index in [0.29, 0.717) is 17.7 Å². The zero-order valence-corrected chi connectivity index (χ0v) is 20.1. The molecule has 3 heterocycles. The average molecular weight is 471 g/mol. The van der Waals surface area contributed by atoms with Crippen LogP contribution in [0.5, 0.6) is 0 Å². The molecular weight excluding hydrogens is 440 g/mol. The van der Waals surface area contributed by atoms with E-state index in [1.807, 2.05) is 47.1 Å². The molecule has 2 aromatic heterocycles. The third kappa shape index (κ3) is 4.83. The van der Waals surface area contributed by atoms with Crippen molar-refractivity contribution >= 4 is 23.2 Å². The highest BCUT2D eigenvalue weighted by molar-refractivity contribution is 5.74. The Morgan fingerprint density at radius 3 is 2.51 bits per heavy atom. The fourth-order valence-electron chi connectivity index (χ4n) is 4.67. The predicted molar refractivity (Wildman–Crippen MR) is 140 cm³/mol. The molecule has 0 spiro atoms. The SMILES string of the molecule is Cc1cccc(CN2CCN(c3nc4c(c(=O)[nH]c(=O)n4C)n3C/C=C/c3ccccc3)CC2)c1. The molecule has 1 aliphatic rings. The van der Waals surface area contributed by atoms with Gasteiger partial charge in [-0.2, -0.15) is 4.98 Å². The maximum atomic E-state index is 12.8. The normalized spacial score (nSPS) is 14.9. The molecule has 8 nitrogen and oxygen atoms in total. The molecule has 4 aromatic rings. The number of anilines is 1. The lowest BCUT2D eigenvalue weighted by atomic mass is 10.1. The molecule has 2 aromatic carbocycles. The van der Waals surface area contributed by atoms with Crippen LogP contribution in [0.2, 0.25) is 0 Å². The molecule has 180 valence electrons. The first-order valence-electron chi connectivity index (χ1n) is 11.9. The molecule has 0 unspecified atom stereocenters. The third-order valence-corrected chi connectivity index (χ3v) is 6.53. The largest absolute Gasteiger partial charge is 0.340 e. The molecule has 0 saturated carbocycles. The zero-order chi connectivity index (χ0) is 24.4. The number of hydrogen-bond donors (Lipinski definition) is 1. The Morgan fingerprint density at radius 1 is 1.00 bits per heavy atom. The number of allylic oxidation sites excluding steroid dienone is 1. The van der Waals surface area contributed by atoms with Crippen molar-refractivity contribution < 1.29 is 0 Å². The topological polar surface area (TPSA) is 79.2 Å². The standard InChI is InChI=1S/C27H30N6O2/c1-20-8-6-11-22(18-20)19-31-14-16-32(17-15-31)26-28-24-23(25(34)29-27(35)30(24)2)33(26)13-7-12-21-9-4-3-5-10-21/h3-12,18H,13-17,19H2,1-2H3,(H,29,34,35)/b12-7+. The van der Waals surface area contributed by atoms with E-state index in [-0.39, 0.29) is 0 Å². The number of piperazine rings is 1. The van der Waals surface area contributed by atoms with Gasteiger partial charge in [0, 0.05) is 46.3 Å². The van der Waals surface area contributed by atoms with Crippen molar-refractivity contribution in [1.82, 2.24) is 24.0 Å². The number of benzene rings is 2. The summed E-state index contributed by atoms with van der Waals surface area (Å²) in [6, 6.07) is 18.7. The smallest absolute Gasteiger partial charge is 0.329 e. The lowest BCUT2D eigenvalue weighted by molar-refractivity contribution is 0.248. The second-order valence-corrected chi connectivity index (χ2v) is 9.08. The van der Waals surface area contributed by atoms with Gasteiger partial charge in [-0.1, -0.05) is 72.3 Å². The minimum absolute atomic E-state index is 0.407. The maximum absolute atomic E-state index is 12.8. The Balaban J connectivity index is 1.42. The number of imidazole rings is 1. The number of aromatic amines is 1. The molecule has 0 radical (unpaired) electrons. The molecule has 0 atom stereocenters. The Hall–Kier alpha value is -3.91. The van der Waals surface area contributed by atoms with Gasteiger partial charge in [0.15, 0.2) is 11.2 Å². The lowest BCUT2D eigenvalue weighted by Gasteiger charge is -2.35. The summed E-state index contributed by atoms with van der Waals surface area (Å²) in [7, 11) is 1.64. The number of aryl methyl sites for hydroxylation is 2. The van der Waals surface area contributed by atoms with Crippen LogP contribution in [-0.4, -0.2) is 50.2 Å². The van der Waals surface area contributed by atoms with Crippen LogP contribution in [0.1, 0.15) is 16.7 Å². The number of rotatable bonds is 6. The zero-order valence-electron chi connectivity index (χ0n) is 20.1. The molecule has 35 heavy (non-hydrogen) atoms. The number of nitrogens with one attached hydrogen (secondary N) is 1. The lowest BCUT2D eigenvalue weighted by Crippen LogP contribution is -2.46. The quantitative estimate of drug-likeness (QED) is 0.469. The van der Waals surface area contributed by atoms with Gasteiger partial charge in [0.1, 0.15) is 0 Å². The second kappa shape index (κ2) is 9.76. The number of fused-ring (bicyclic) bond motifs is 1. The fourth-order valence-corrected chi connectivity index (χ4v) is 4.67. The summed E-state index contributed by atoms with van der Waals surface area (Å²) in [6.45, 7) is 6.89. The van der Waals surface area contributed by atoms with Crippen molar-refractivity contribution in [3.05, 3.63) is 98.2 Å². The highest BCUT2D eigenvalue weighted by Crippen LogP contribution is 2.22. The van der Waals surface area contributed by atoms with Gasteiger partial charge in [0.2, 0.25) is 5.95 Å². The van der Waals surface area contributed by atoms with Crippen molar-refractivity contribution in [2.45, 2.75) is 20.0 Å². The predicted octanol–water partition coefficient (Wildman–Crippen LogP) is 2.77. The number of H-pyrrole nitrogens is 1. The summed E-state index contributed by atoms with van der Waals surface area (Å²) in [5.41, 5.74) is 3.64. The summed E-state index contributed by atoms with van der Waals surface area (Å²) in [5, 5.41) is 0. The molecule has 0 aliphatic carbocycles. The van der Waals surface area contributed by atoms with Gasteiger partial charge in [-0.05, 0) is 18.1 Å². The summed E-state index contributed by atoms with van der Waals surface area (Å²) in [6.07, 6.45) is 4.06. The van der Waals surface area contributed by atoms with Gasteiger partial charge in [0.05, 0.1) is 0 Å². The number of nitrogens with zero attached hydrogens (tertiary/aromatic N) is 5. The van der Waals surface area contributed by atoms with E-state index in [2.05, 4.69) is 46.0 Å². The Morgan fingerprint density at radius 2 is 1.77 bits per heavy atom. The minimum atomic E-state index is -0.457. The Kier molecular flexibility index (Phi) is 6.37. The van der Waals surface area contributed by atoms with Gasteiger partial charge in [-0.15, -0.1) is 0 Å². The first-order chi connectivity index (χ1) is 17.0. The van der Waals surface area contributed by atoms with Crippen LogP contribution in [0.4, 0.5) is 5.95 Å². The number of hydrogen-bond acceptors (Lipinski definition) is 5. The van der Waals surface area contributed by atoms with Crippen molar-refractivity contribution in [3.63, 3.8) is 0 Å². The molecule has 1 saturated heterocycles. The van der Waals surface area contributed by atoms with Crippen LogP contribution in [0, 0.1) is 6.92 Å². The van der Waals surface area contributed by atoms with Crippen LogP contribution < -0.4 is 16.1 Å². The molecule has 0 bridgehead atoms. The molecule has 0 amide bonds. The van der Waals surface area contributed by atoms with Crippen molar-refractivity contribution in [2.75, 3.05) is 31.1 Å². The van der Waals surface area contributed by atoms with Gasteiger partial charge in [-0.25, -0.2) is 4.79 Å². The van der Waals surface area contributed by atoms with E-state index >= 15 is 0 Å². The summed E-state index contributed by atoms with van der Waals surface area (Å²) in [5.74, 6) is 0.722. The minimum Gasteiger partial charge on any atom is -0.340 e. The Bertz CT molecular complexity index is 1470. The van der Waals surface area contributed by atoms with Crippen LogP contribution in [0.3, 0.4) is 0 Å². The van der Waals surface area contributed by atoms with Crippen molar-refractivity contribution in [2.24, 2.45) is 7.05 Å². The van der Waals surface area contributed by atoms with Gasteiger partial charge >= 0.3 is 5.69 Å². The summed E-state index contributed by atoms with van der Waals surface area (Å²) < 4.78 is 3.33. The van der Waals surface area contributed by atoms with Crippen molar-refractivity contribution in [1.29, 1.82) is 0 Å². The maximum Gasteiger partial charge on any atom is 0.329 e. The van der Waals surface area contributed by atoms with E-state index in [4.69, 9.17) is 4.98 Å². The highest BCUT2D eigenvalue weighted by Gasteiger charge is 2.24.